The molecule has 0 aromatic heterocycles. The van der Waals surface area contributed by atoms with E-state index in [0.717, 1.165) is 11.8 Å². The Bertz CT molecular complexity index is 572. The number of thioether (sulfide) groups is 1. The normalized spacial score (nSPS) is 11.0. The summed E-state index contributed by atoms with van der Waals surface area (Å²) in [6, 6.07) is 5.92. The van der Waals surface area contributed by atoms with Crippen LogP contribution in [0.5, 0.6) is 0 Å². The van der Waals surface area contributed by atoms with Crippen LogP contribution in [-0.2, 0) is 4.79 Å². The summed E-state index contributed by atoms with van der Waals surface area (Å²) in [5, 5.41) is 13.9. The average Bonchev–Trinajstić information content (AvgIpc) is 2.53. The smallest absolute Gasteiger partial charge is 0.335 e. The average molecular weight is 322 g/mol. The number of nitrogens with two attached hydrogens (primary N) is 2. The van der Waals surface area contributed by atoms with Crippen LogP contribution in [0.3, 0.4) is 0 Å². The number of ketones is 1. The van der Waals surface area contributed by atoms with Gasteiger partial charge in [0.1, 0.15) is 5.78 Å². The molecule has 0 saturated carbocycles. The summed E-state index contributed by atoms with van der Waals surface area (Å²) in [6.45, 7) is 3.56. The quantitative estimate of drug-likeness (QED) is 0.229. The molecule has 0 radical (unpaired) electrons. The summed E-state index contributed by atoms with van der Waals surface area (Å²) in [5.74, 6) is 10.4. The molecule has 1 aromatic rings. The van der Waals surface area contributed by atoms with Gasteiger partial charge in [-0.2, -0.15) is 5.10 Å². The number of anilines is 1. The van der Waals surface area contributed by atoms with Crippen LogP contribution in [-0.4, -0.2) is 27.8 Å². The zero-order chi connectivity index (χ0) is 16.5. The van der Waals surface area contributed by atoms with Gasteiger partial charge in [-0.15, -0.1) is 6.58 Å². The monoisotopic (exact) mass is 322 g/mol. The molecule has 22 heavy (non-hydrogen) atoms. The van der Waals surface area contributed by atoms with Crippen LogP contribution in [0.4, 0.5) is 5.69 Å². The summed E-state index contributed by atoms with van der Waals surface area (Å²) in [5.41, 5.74) is 0.663. The molecular weight excluding hydrogens is 304 g/mol. The maximum atomic E-state index is 11.6. The number of nitrogens with zero attached hydrogens (tertiary/aromatic N) is 2. The number of benzene rings is 1. The molecule has 1 aromatic carbocycles. The number of hydrazone groups is 1. The Morgan fingerprint density at radius 1 is 1.36 bits per heavy atom. The number of carboxylic acid groups (broad SMARTS) is 1. The SMILES string of the molecule is C=CCCC(=O)CS/C(=N/N)N(N)c1ccc(C(=O)O)cc1. The third kappa shape index (κ3) is 5.23. The van der Waals surface area contributed by atoms with Gasteiger partial charge in [-0.3, -0.25) is 9.80 Å². The number of hydrogen-bond acceptors (Lipinski definition) is 6. The molecule has 0 aliphatic rings. The fourth-order valence-corrected chi connectivity index (χ4v) is 2.28. The van der Waals surface area contributed by atoms with E-state index in [1.807, 2.05) is 0 Å². The zero-order valence-electron chi connectivity index (χ0n) is 11.9. The Morgan fingerprint density at radius 2 is 2.00 bits per heavy atom. The Kier molecular flexibility index (Phi) is 7.14. The third-order valence-electron chi connectivity index (χ3n) is 2.70. The van der Waals surface area contributed by atoms with Crippen molar-refractivity contribution in [1.82, 2.24) is 0 Å². The topological polar surface area (TPSA) is 122 Å². The number of Topliss-reactive ketones (excluding diaryl/α,β-unsaturated/α-hetero) is 1. The maximum Gasteiger partial charge on any atom is 0.335 e. The number of hydrogen-bond donors (Lipinski definition) is 3. The van der Waals surface area contributed by atoms with Crippen molar-refractivity contribution < 1.29 is 14.7 Å². The van der Waals surface area contributed by atoms with Crippen molar-refractivity contribution in [1.29, 1.82) is 0 Å². The van der Waals surface area contributed by atoms with Crippen LogP contribution >= 0.6 is 11.8 Å². The first-order valence-electron chi connectivity index (χ1n) is 6.41. The van der Waals surface area contributed by atoms with Gasteiger partial charge in [0.05, 0.1) is 17.0 Å². The second-order valence-electron chi connectivity index (χ2n) is 4.29. The lowest BCUT2D eigenvalue weighted by Crippen LogP contribution is -2.36. The van der Waals surface area contributed by atoms with Crippen molar-refractivity contribution >= 4 is 34.4 Å². The number of allylic oxidation sites excluding steroid dienone is 1. The molecule has 0 aliphatic heterocycles. The Balaban J connectivity index is 2.68. The molecule has 0 fully saturated rings. The van der Waals surface area contributed by atoms with Crippen LogP contribution < -0.4 is 16.7 Å². The van der Waals surface area contributed by atoms with Crippen LogP contribution in [0.25, 0.3) is 0 Å². The molecule has 5 N–H and O–H groups in total. The number of hydrazine groups is 1. The van der Waals surface area contributed by atoms with Gasteiger partial charge in [-0.25, -0.2) is 10.6 Å². The van der Waals surface area contributed by atoms with E-state index in [0.29, 0.717) is 18.5 Å². The van der Waals surface area contributed by atoms with E-state index in [1.54, 1.807) is 6.08 Å². The van der Waals surface area contributed by atoms with Crippen molar-refractivity contribution in [2.75, 3.05) is 10.8 Å². The second kappa shape index (κ2) is 8.85. The molecule has 0 aliphatic carbocycles. The highest BCUT2D eigenvalue weighted by atomic mass is 32.2. The standard InChI is InChI=1S/C14H18N4O3S/c1-2-3-4-12(19)9-22-14(17-15)18(16)11-7-5-10(6-8-11)13(20)21/h2,5-8H,1,3-4,9,15-16H2,(H,20,21)/b17-14+. The third-order valence-corrected chi connectivity index (χ3v) is 3.73. The summed E-state index contributed by atoms with van der Waals surface area (Å²) in [6.07, 6.45) is 2.71. The summed E-state index contributed by atoms with van der Waals surface area (Å²) >= 11 is 1.12. The molecule has 1 rings (SSSR count). The van der Waals surface area contributed by atoms with E-state index in [9.17, 15) is 9.59 Å². The highest BCUT2D eigenvalue weighted by molar-refractivity contribution is 8.14. The largest absolute Gasteiger partial charge is 0.478 e. The molecule has 0 amide bonds. The van der Waals surface area contributed by atoms with Gasteiger partial charge >= 0.3 is 5.97 Å². The number of amidine groups is 1. The van der Waals surface area contributed by atoms with Gasteiger partial charge in [0.2, 0.25) is 5.17 Å². The lowest BCUT2D eigenvalue weighted by atomic mass is 10.2. The predicted octanol–water partition coefficient (Wildman–Crippen LogP) is 1.56. The Hall–Kier alpha value is -2.32. The number of rotatable bonds is 7. The predicted molar refractivity (Wildman–Crippen MR) is 88.6 cm³/mol. The first kappa shape index (κ1) is 17.7. The molecule has 0 unspecified atom stereocenters. The molecule has 0 bridgehead atoms. The van der Waals surface area contributed by atoms with E-state index in [4.69, 9.17) is 16.8 Å². The van der Waals surface area contributed by atoms with Crippen LogP contribution in [0.15, 0.2) is 42.0 Å². The summed E-state index contributed by atoms with van der Waals surface area (Å²) in [7, 11) is 0. The van der Waals surface area contributed by atoms with Crippen molar-refractivity contribution in [2.24, 2.45) is 16.8 Å². The molecule has 0 atom stereocenters. The van der Waals surface area contributed by atoms with Gasteiger partial charge in [-0.1, -0.05) is 17.8 Å². The minimum atomic E-state index is -1.02. The second-order valence-corrected chi connectivity index (χ2v) is 5.23. The Morgan fingerprint density at radius 3 is 2.50 bits per heavy atom. The molecule has 8 heteroatoms. The van der Waals surface area contributed by atoms with Crippen molar-refractivity contribution in [3.63, 3.8) is 0 Å². The fraction of sp³-hybridized carbons (Fsp3) is 0.214. The van der Waals surface area contributed by atoms with Gasteiger partial charge in [0.15, 0.2) is 0 Å². The lowest BCUT2D eigenvalue weighted by molar-refractivity contribution is -0.116. The van der Waals surface area contributed by atoms with Crippen LogP contribution in [0.2, 0.25) is 0 Å². The summed E-state index contributed by atoms with van der Waals surface area (Å²) in [4.78, 5) is 22.4. The van der Waals surface area contributed by atoms with E-state index >= 15 is 0 Å². The molecule has 0 heterocycles. The number of carbonyl (C=O) groups excluding carboxylic acids is 1. The fourth-order valence-electron chi connectivity index (χ4n) is 1.52. The first-order valence-corrected chi connectivity index (χ1v) is 7.39. The van der Waals surface area contributed by atoms with E-state index in [-0.39, 0.29) is 22.3 Å². The number of aromatic carboxylic acids is 1. The van der Waals surface area contributed by atoms with Gasteiger partial charge in [0, 0.05) is 6.42 Å². The van der Waals surface area contributed by atoms with Crippen molar-refractivity contribution in [3.05, 3.63) is 42.5 Å². The highest BCUT2D eigenvalue weighted by Crippen LogP contribution is 2.17. The summed E-state index contributed by atoms with van der Waals surface area (Å²) < 4.78 is 0. The van der Waals surface area contributed by atoms with Crippen molar-refractivity contribution in [2.45, 2.75) is 12.8 Å². The molecule has 118 valence electrons. The number of carbonyl (C=O) groups is 2. The van der Waals surface area contributed by atoms with Crippen molar-refractivity contribution in [3.8, 4) is 0 Å². The molecule has 0 saturated heterocycles. The molecular formula is C14H18N4O3S. The van der Waals surface area contributed by atoms with E-state index in [2.05, 4.69) is 11.7 Å². The van der Waals surface area contributed by atoms with Crippen LogP contribution in [0.1, 0.15) is 23.2 Å². The number of carboxylic acids is 1. The minimum Gasteiger partial charge on any atom is -0.478 e. The lowest BCUT2D eigenvalue weighted by Gasteiger charge is -2.19. The van der Waals surface area contributed by atoms with Gasteiger partial charge < -0.3 is 10.9 Å². The zero-order valence-corrected chi connectivity index (χ0v) is 12.8. The molecule has 0 spiro atoms. The maximum absolute atomic E-state index is 11.6. The Labute approximate surface area is 132 Å². The van der Waals surface area contributed by atoms with E-state index in [1.165, 1.54) is 29.3 Å². The van der Waals surface area contributed by atoms with Crippen LogP contribution in [0, 0.1) is 0 Å². The first-order chi connectivity index (χ1) is 10.5. The highest BCUT2D eigenvalue weighted by Gasteiger charge is 2.13. The van der Waals surface area contributed by atoms with Gasteiger partial charge in [-0.05, 0) is 30.7 Å². The minimum absolute atomic E-state index is 0.0423. The molecule has 7 nitrogen and oxygen atoms in total. The van der Waals surface area contributed by atoms with Gasteiger partial charge in [0.25, 0.3) is 0 Å². The van der Waals surface area contributed by atoms with E-state index < -0.39 is 5.97 Å².